The number of ether oxygens (including phenoxy) is 2. The van der Waals surface area contributed by atoms with Crippen molar-refractivity contribution in [3.63, 3.8) is 0 Å². The maximum absolute atomic E-state index is 14.0. The molecule has 0 saturated carbocycles. The first-order valence-electron chi connectivity index (χ1n) is 7.62. The van der Waals surface area contributed by atoms with E-state index in [1.807, 2.05) is 12.1 Å². The number of hydrogen-bond donors (Lipinski definition) is 1. The molecule has 0 aromatic heterocycles. The molecule has 1 aliphatic heterocycles. The lowest BCUT2D eigenvalue weighted by atomic mass is 9.98. The Hall–Kier alpha value is -1.78. The first-order chi connectivity index (χ1) is 11.1. The van der Waals surface area contributed by atoms with Crippen LogP contribution in [0.2, 0.25) is 5.02 Å². The summed E-state index contributed by atoms with van der Waals surface area (Å²) in [5, 5.41) is 0.496. The molecule has 1 N–H and O–H groups in total. The second kappa shape index (κ2) is 6.77. The van der Waals surface area contributed by atoms with E-state index in [9.17, 15) is 4.39 Å². The van der Waals surface area contributed by atoms with Gasteiger partial charge < -0.3 is 14.4 Å². The zero-order valence-corrected chi connectivity index (χ0v) is 14.0. The van der Waals surface area contributed by atoms with Crippen LogP contribution in [0.3, 0.4) is 0 Å². The summed E-state index contributed by atoms with van der Waals surface area (Å²) in [4.78, 5) is 1.29. The van der Waals surface area contributed by atoms with Crippen LogP contribution in [0.15, 0.2) is 30.3 Å². The molecule has 2 aromatic carbocycles. The van der Waals surface area contributed by atoms with Crippen molar-refractivity contribution in [2.75, 3.05) is 20.8 Å². The van der Waals surface area contributed by atoms with Crippen molar-refractivity contribution in [2.45, 2.75) is 19.5 Å². The lowest BCUT2D eigenvalue weighted by Gasteiger charge is -2.27. The monoisotopic (exact) mass is 336 g/mol. The third-order valence-electron chi connectivity index (χ3n) is 4.38. The Bertz CT molecular complexity index is 700. The number of nitrogens with one attached hydrogen (secondary N) is 1. The van der Waals surface area contributed by atoms with Crippen LogP contribution in [-0.4, -0.2) is 20.8 Å². The summed E-state index contributed by atoms with van der Waals surface area (Å²) in [5.74, 6) is 1.26. The molecule has 3 rings (SSSR count). The predicted octanol–water partition coefficient (Wildman–Crippen LogP) is 2.64. The Balaban J connectivity index is 1.83. The van der Waals surface area contributed by atoms with E-state index in [1.165, 1.54) is 22.1 Å². The van der Waals surface area contributed by atoms with Gasteiger partial charge in [-0.25, -0.2) is 4.39 Å². The molecule has 3 nitrogen and oxygen atoms in total. The predicted molar refractivity (Wildman–Crippen MR) is 87.9 cm³/mol. The summed E-state index contributed by atoms with van der Waals surface area (Å²) < 4.78 is 24.7. The van der Waals surface area contributed by atoms with E-state index in [4.69, 9.17) is 21.1 Å². The van der Waals surface area contributed by atoms with Gasteiger partial charge in [-0.3, -0.25) is 0 Å². The Morgan fingerprint density at radius 1 is 1.13 bits per heavy atom. The Kier molecular flexibility index (Phi) is 4.74. The van der Waals surface area contributed by atoms with Crippen LogP contribution >= 0.6 is 11.6 Å². The Morgan fingerprint density at radius 3 is 2.48 bits per heavy atom. The molecule has 23 heavy (non-hydrogen) atoms. The number of fused-ring (bicyclic) bond motifs is 1. The maximum atomic E-state index is 14.0. The first-order valence-corrected chi connectivity index (χ1v) is 8.00. The van der Waals surface area contributed by atoms with Gasteiger partial charge in [0.2, 0.25) is 0 Å². The fraction of sp³-hybridized carbons (Fsp3) is 0.333. The number of halogens is 2. The van der Waals surface area contributed by atoms with Crippen molar-refractivity contribution in [1.29, 1.82) is 0 Å². The number of quaternary nitrogens is 1. The zero-order valence-electron chi connectivity index (χ0n) is 13.3. The van der Waals surface area contributed by atoms with Gasteiger partial charge in [0.15, 0.2) is 11.5 Å². The molecule has 0 amide bonds. The van der Waals surface area contributed by atoms with Gasteiger partial charge in [0.1, 0.15) is 18.9 Å². The second-order valence-corrected chi connectivity index (χ2v) is 6.19. The zero-order chi connectivity index (χ0) is 16.4. The fourth-order valence-electron chi connectivity index (χ4n) is 3.13. The van der Waals surface area contributed by atoms with Gasteiger partial charge in [-0.05, 0) is 29.8 Å². The maximum Gasteiger partial charge on any atom is 0.161 e. The van der Waals surface area contributed by atoms with Crippen molar-refractivity contribution in [3.05, 3.63) is 57.9 Å². The van der Waals surface area contributed by atoms with E-state index < -0.39 is 0 Å². The van der Waals surface area contributed by atoms with Crippen LogP contribution in [0.25, 0.3) is 0 Å². The molecule has 122 valence electrons. The minimum Gasteiger partial charge on any atom is -0.493 e. The van der Waals surface area contributed by atoms with Crippen molar-refractivity contribution < 1.29 is 18.8 Å². The highest BCUT2D eigenvalue weighted by molar-refractivity contribution is 6.31. The lowest BCUT2D eigenvalue weighted by molar-refractivity contribution is -0.929. The van der Waals surface area contributed by atoms with Crippen molar-refractivity contribution in [1.82, 2.24) is 0 Å². The highest BCUT2D eigenvalue weighted by Crippen LogP contribution is 2.31. The van der Waals surface area contributed by atoms with Gasteiger partial charge in [-0.1, -0.05) is 17.7 Å². The molecule has 1 unspecified atom stereocenters. The van der Waals surface area contributed by atoms with E-state index in [1.54, 1.807) is 26.4 Å². The first kappa shape index (κ1) is 16.1. The van der Waals surface area contributed by atoms with Crippen LogP contribution < -0.4 is 14.4 Å². The molecule has 1 aliphatic rings. The summed E-state index contributed by atoms with van der Waals surface area (Å²) in [5.41, 5.74) is 3.08. The molecule has 0 bridgehead atoms. The van der Waals surface area contributed by atoms with Gasteiger partial charge in [-0.15, -0.1) is 0 Å². The SMILES string of the molecule is COc1cc2c(cc1OC)C[NH+](Cc1c(F)cccc1Cl)CC2. The number of hydrogen-bond acceptors (Lipinski definition) is 2. The molecular weight excluding hydrogens is 317 g/mol. The van der Waals surface area contributed by atoms with Gasteiger partial charge in [0.05, 0.1) is 31.4 Å². The average molecular weight is 337 g/mol. The van der Waals surface area contributed by atoms with Crippen LogP contribution in [0, 0.1) is 5.82 Å². The van der Waals surface area contributed by atoms with Gasteiger partial charge in [0.25, 0.3) is 0 Å². The summed E-state index contributed by atoms with van der Waals surface area (Å²) in [6.07, 6.45) is 0.928. The van der Waals surface area contributed by atoms with Gasteiger partial charge in [-0.2, -0.15) is 0 Å². The molecule has 0 aliphatic carbocycles. The molecular formula is C18H20ClFNO2+. The molecule has 0 spiro atoms. The van der Waals surface area contributed by atoms with Crippen LogP contribution in [0.5, 0.6) is 11.5 Å². The third kappa shape index (κ3) is 3.28. The Morgan fingerprint density at radius 2 is 1.83 bits per heavy atom. The molecule has 0 saturated heterocycles. The normalized spacial score (nSPS) is 16.8. The number of methoxy groups -OCH3 is 2. The number of benzene rings is 2. The quantitative estimate of drug-likeness (QED) is 0.927. The number of rotatable bonds is 4. The van der Waals surface area contributed by atoms with Crippen LogP contribution in [-0.2, 0) is 19.5 Å². The molecule has 2 aromatic rings. The fourth-order valence-corrected chi connectivity index (χ4v) is 3.36. The van der Waals surface area contributed by atoms with E-state index >= 15 is 0 Å². The minimum atomic E-state index is -0.233. The third-order valence-corrected chi connectivity index (χ3v) is 4.74. The van der Waals surface area contributed by atoms with Gasteiger partial charge in [0, 0.05) is 12.0 Å². The smallest absolute Gasteiger partial charge is 0.161 e. The van der Waals surface area contributed by atoms with E-state index in [2.05, 4.69) is 0 Å². The molecule has 1 heterocycles. The van der Waals surface area contributed by atoms with E-state index in [0.29, 0.717) is 17.1 Å². The summed E-state index contributed by atoms with van der Waals surface area (Å²) in [7, 11) is 3.28. The van der Waals surface area contributed by atoms with Crippen molar-refractivity contribution >= 4 is 11.6 Å². The average Bonchev–Trinajstić information content (AvgIpc) is 2.56. The highest BCUT2D eigenvalue weighted by Gasteiger charge is 2.24. The largest absolute Gasteiger partial charge is 0.493 e. The molecule has 0 fully saturated rings. The summed E-state index contributed by atoms with van der Waals surface area (Å²) in [6, 6.07) is 8.91. The van der Waals surface area contributed by atoms with Gasteiger partial charge >= 0.3 is 0 Å². The molecule has 0 radical (unpaired) electrons. The minimum absolute atomic E-state index is 0.233. The second-order valence-electron chi connectivity index (χ2n) is 5.78. The standard InChI is InChI=1S/C18H19ClFNO2/c1-22-17-8-12-6-7-21(10-13(12)9-18(17)23-2)11-14-15(19)4-3-5-16(14)20/h3-5,8-9H,6-7,10-11H2,1-2H3/p+1. The summed E-state index contributed by atoms with van der Waals surface area (Å²) >= 11 is 6.15. The van der Waals surface area contributed by atoms with E-state index in [0.717, 1.165) is 31.0 Å². The van der Waals surface area contributed by atoms with Crippen molar-refractivity contribution in [2.24, 2.45) is 0 Å². The lowest BCUT2D eigenvalue weighted by Crippen LogP contribution is -3.10. The highest BCUT2D eigenvalue weighted by atomic mass is 35.5. The molecule has 1 atom stereocenters. The topological polar surface area (TPSA) is 22.9 Å². The Labute approximate surface area is 140 Å². The van der Waals surface area contributed by atoms with Crippen LogP contribution in [0.1, 0.15) is 16.7 Å². The summed E-state index contributed by atoms with van der Waals surface area (Å²) in [6.45, 7) is 2.34. The van der Waals surface area contributed by atoms with Crippen molar-refractivity contribution in [3.8, 4) is 11.5 Å². The van der Waals surface area contributed by atoms with E-state index in [-0.39, 0.29) is 5.82 Å². The van der Waals surface area contributed by atoms with Crippen LogP contribution in [0.4, 0.5) is 4.39 Å². The molecule has 5 heteroatoms.